The lowest BCUT2D eigenvalue weighted by Crippen LogP contribution is -2.11. The zero-order valence-electron chi connectivity index (χ0n) is 9.86. The number of rotatable bonds is 4. The Morgan fingerprint density at radius 1 is 1.59 bits per heavy atom. The van der Waals surface area contributed by atoms with Crippen LogP contribution in [0, 0.1) is 11.7 Å². The van der Waals surface area contributed by atoms with Crippen molar-refractivity contribution in [3.05, 3.63) is 29.6 Å². The minimum Gasteiger partial charge on any atom is -0.493 e. The normalized spacial score (nSPS) is 21.5. The fraction of sp³-hybridized carbons (Fsp3) is 0.538. The fourth-order valence-electron chi connectivity index (χ4n) is 1.87. The first kappa shape index (κ1) is 12.3. The Labute approximate surface area is 100 Å². The highest BCUT2D eigenvalue weighted by atomic mass is 19.1. The van der Waals surface area contributed by atoms with Gasteiger partial charge in [0.05, 0.1) is 19.3 Å². The third-order valence-corrected chi connectivity index (χ3v) is 2.93. The zero-order chi connectivity index (χ0) is 12.3. The lowest BCUT2D eigenvalue weighted by atomic mass is 10.1. The standard InChI is InChI=1S/C13H17FO3/c1-9(15)12-3-2-11(6-13(12)14)17-8-10-4-5-16-7-10/h2-3,6,9-10,15H,4-5,7-8H2,1H3. The Bertz CT molecular complexity index is 373. The molecule has 1 aliphatic heterocycles. The van der Waals surface area contributed by atoms with Gasteiger partial charge in [-0.3, -0.25) is 0 Å². The molecule has 4 heteroatoms. The SMILES string of the molecule is CC(O)c1ccc(OCC2CCOC2)cc1F. The van der Waals surface area contributed by atoms with Crippen LogP contribution in [0.1, 0.15) is 25.0 Å². The molecule has 1 heterocycles. The number of aliphatic hydroxyl groups is 1. The summed E-state index contributed by atoms with van der Waals surface area (Å²) >= 11 is 0. The predicted molar refractivity (Wildman–Crippen MR) is 61.5 cm³/mol. The molecule has 0 spiro atoms. The molecule has 2 unspecified atom stereocenters. The Kier molecular flexibility index (Phi) is 3.97. The van der Waals surface area contributed by atoms with E-state index < -0.39 is 11.9 Å². The number of ether oxygens (including phenoxy) is 2. The van der Waals surface area contributed by atoms with Crippen molar-refractivity contribution >= 4 is 0 Å². The summed E-state index contributed by atoms with van der Waals surface area (Å²) < 4.78 is 24.3. The molecule has 0 aliphatic carbocycles. The highest BCUT2D eigenvalue weighted by Gasteiger charge is 2.16. The summed E-state index contributed by atoms with van der Waals surface area (Å²) in [5, 5.41) is 9.30. The Hall–Kier alpha value is -1.13. The quantitative estimate of drug-likeness (QED) is 0.877. The van der Waals surface area contributed by atoms with E-state index in [4.69, 9.17) is 9.47 Å². The Balaban J connectivity index is 1.94. The maximum absolute atomic E-state index is 13.5. The van der Waals surface area contributed by atoms with E-state index in [1.165, 1.54) is 13.0 Å². The summed E-state index contributed by atoms with van der Waals surface area (Å²) in [4.78, 5) is 0. The van der Waals surface area contributed by atoms with Gasteiger partial charge >= 0.3 is 0 Å². The van der Waals surface area contributed by atoms with E-state index in [1.54, 1.807) is 12.1 Å². The van der Waals surface area contributed by atoms with Crippen LogP contribution in [0.5, 0.6) is 5.75 Å². The summed E-state index contributed by atoms with van der Waals surface area (Å²) in [6, 6.07) is 4.55. The van der Waals surface area contributed by atoms with E-state index in [-0.39, 0.29) is 0 Å². The second kappa shape index (κ2) is 5.47. The minimum absolute atomic E-state index is 0.293. The van der Waals surface area contributed by atoms with Gasteiger partial charge in [0.2, 0.25) is 0 Å². The average Bonchev–Trinajstić information content (AvgIpc) is 2.78. The topological polar surface area (TPSA) is 38.7 Å². The van der Waals surface area contributed by atoms with E-state index in [0.29, 0.717) is 30.4 Å². The lowest BCUT2D eigenvalue weighted by molar-refractivity contribution is 0.166. The van der Waals surface area contributed by atoms with Gasteiger partial charge in [0.15, 0.2) is 0 Å². The van der Waals surface area contributed by atoms with Crippen molar-refractivity contribution in [3.63, 3.8) is 0 Å². The Morgan fingerprint density at radius 3 is 3.00 bits per heavy atom. The Morgan fingerprint density at radius 2 is 2.41 bits per heavy atom. The first-order valence-corrected chi connectivity index (χ1v) is 5.85. The maximum Gasteiger partial charge on any atom is 0.132 e. The van der Waals surface area contributed by atoms with Crippen LogP contribution in [0.25, 0.3) is 0 Å². The number of hydrogen-bond acceptors (Lipinski definition) is 3. The van der Waals surface area contributed by atoms with E-state index in [2.05, 4.69) is 0 Å². The van der Waals surface area contributed by atoms with Crippen molar-refractivity contribution in [2.45, 2.75) is 19.4 Å². The van der Waals surface area contributed by atoms with Gasteiger partial charge in [-0.1, -0.05) is 0 Å². The van der Waals surface area contributed by atoms with Gasteiger partial charge in [0, 0.05) is 24.2 Å². The van der Waals surface area contributed by atoms with Crippen LogP contribution in [0.3, 0.4) is 0 Å². The summed E-state index contributed by atoms with van der Waals surface area (Å²) in [6.07, 6.45) is 0.195. The van der Waals surface area contributed by atoms with Gasteiger partial charge in [-0.15, -0.1) is 0 Å². The third kappa shape index (κ3) is 3.17. The largest absolute Gasteiger partial charge is 0.493 e. The predicted octanol–water partition coefficient (Wildman–Crippen LogP) is 2.29. The molecule has 0 amide bonds. The summed E-state index contributed by atoms with van der Waals surface area (Å²) in [7, 11) is 0. The summed E-state index contributed by atoms with van der Waals surface area (Å²) in [6.45, 7) is 3.58. The van der Waals surface area contributed by atoms with E-state index in [9.17, 15) is 9.50 Å². The smallest absolute Gasteiger partial charge is 0.132 e. The highest BCUT2D eigenvalue weighted by molar-refractivity contribution is 5.30. The molecule has 3 nitrogen and oxygen atoms in total. The molecule has 0 saturated carbocycles. The zero-order valence-corrected chi connectivity index (χ0v) is 9.86. The molecule has 1 N–H and O–H groups in total. The van der Waals surface area contributed by atoms with E-state index >= 15 is 0 Å². The molecule has 17 heavy (non-hydrogen) atoms. The maximum atomic E-state index is 13.5. The molecule has 0 radical (unpaired) electrons. The molecular formula is C13H17FO3. The molecule has 2 rings (SSSR count). The molecule has 94 valence electrons. The van der Waals surface area contributed by atoms with Crippen molar-refractivity contribution < 1.29 is 19.0 Å². The highest BCUT2D eigenvalue weighted by Crippen LogP contribution is 2.22. The molecule has 0 aromatic heterocycles. The van der Waals surface area contributed by atoms with Crippen LogP contribution in [0.2, 0.25) is 0 Å². The second-order valence-corrected chi connectivity index (χ2v) is 4.40. The van der Waals surface area contributed by atoms with Crippen molar-refractivity contribution in [2.75, 3.05) is 19.8 Å². The summed E-state index contributed by atoms with van der Waals surface area (Å²) in [5.74, 6) is 0.466. The number of hydrogen-bond donors (Lipinski definition) is 1. The van der Waals surface area contributed by atoms with Crippen LogP contribution in [-0.2, 0) is 4.74 Å². The van der Waals surface area contributed by atoms with Gasteiger partial charge in [-0.05, 0) is 25.5 Å². The fourth-order valence-corrected chi connectivity index (χ4v) is 1.87. The molecule has 0 bridgehead atoms. The number of benzene rings is 1. The van der Waals surface area contributed by atoms with Crippen molar-refractivity contribution in [1.29, 1.82) is 0 Å². The van der Waals surface area contributed by atoms with E-state index in [1.807, 2.05) is 0 Å². The monoisotopic (exact) mass is 240 g/mol. The number of aliphatic hydroxyl groups excluding tert-OH is 1. The molecule has 2 atom stereocenters. The van der Waals surface area contributed by atoms with Crippen LogP contribution in [-0.4, -0.2) is 24.9 Å². The van der Waals surface area contributed by atoms with Crippen molar-refractivity contribution in [1.82, 2.24) is 0 Å². The van der Waals surface area contributed by atoms with Gasteiger partial charge < -0.3 is 14.6 Å². The van der Waals surface area contributed by atoms with E-state index in [0.717, 1.165) is 13.0 Å². The van der Waals surface area contributed by atoms with Crippen LogP contribution >= 0.6 is 0 Å². The number of halogens is 1. The average molecular weight is 240 g/mol. The van der Waals surface area contributed by atoms with Crippen LogP contribution < -0.4 is 4.74 Å². The first-order chi connectivity index (χ1) is 8.16. The van der Waals surface area contributed by atoms with Crippen molar-refractivity contribution in [2.24, 2.45) is 5.92 Å². The molecule has 1 fully saturated rings. The van der Waals surface area contributed by atoms with Crippen LogP contribution in [0.4, 0.5) is 4.39 Å². The van der Waals surface area contributed by atoms with Gasteiger partial charge in [0.1, 0.15) is 11.6 Å². The summed E-state index contributed by atoms with van der Waals surface area (Å²) in [5.41, 5.74) is 0.293. The molecular weight excluding hydrogens is 223 g/mol. The molecule has 1 aliphatic rings. The lowest BCUT2D eigenvalue weighted by Gasteiger charge is -2.12. The van der Waals surface area contributed by atoms with Crippen LogP contribution in [0.15, 0.2) is 18.2 Å². The van der Waals surface area contributed by atoms with Gasteiger partial charge in [-0.2, -0.15) is 0 Å². The molecule has 1 aromatic rings. The van der Waals surface area contributed by atoms with Crippen molar-refractivity contribution in [3.8, 4) is 5.75 Å². The second-order valence-electron chi connectivity index (χ2n) is 4.40. The third-order valence-electron chi connectivity index (χ3n) is 2.93. The van der Waals surface area contributed by atoms with Gasteiger partial charge in [-0.25, -0.2) is 4.39 Å². The minimum atomic E-state index is -0.799. The van der Waals surface area contributed by atoms with Gasteiger partial charge in [0.25, 0.3) is 0 Å². The molecule has 1 aromatic carbocycles. The molecule has 1 saturated heterocycles. The first-order valence-electron chi connectivity index (χ1n) is 5.85.